The highest BCUT2D eigenvalue weighted by atomic mass is 19.4. The third kappa shape index (κ3) is 2.75. The molecule has 25 heavy (non-hydrogen) atoms. The van der Waals surface area contributed by atoms with Crippen molar-refractivity contribution in [2.75, 3.05) is 0 Å². The molecule has 0 aliphatic heterocycles. The first kappa shape index (κ1) is 23.4. The topological polar surface area (TPSA) is 57.5 Å². The van der Waals surface area contributed by atoms with E-state index in [1.54, 1.807) is 0 Å². The lowest BCUT2D eigenvalue weighted by molar-refractivity contribution is -0.454. The average Bonchev–Trinajstić information content (AvgIpc) is 2.31. The Balaban J connectivity index is 7.23. The fourth-order valence-electron chi connectivity index (χ4n) is 1.47. The van der Waals surface area contributed by atoms with Gasteiger partial charge in [-0.05, 0) is 0 Å². The maximum absolute atomic E-state index is 13.7. The summed E-state index contributed by atoms with van der Waals surface area (Å²) in [5, 5.41) is 15.6. The molecule has 0 amide bonds. The highest BCUT2D eigenvalue weighted by molar-refractivity contribution is 5.81. The molecule has 0 aromatic heterocycles. The van der Waals surface area contributed by atoms with Crippen LogP contribution >= 0.6 is 0 Å². The summed E-state index contributed by atoms with van der Waals surface area (Å²) in [6.07, 6.45) is -23.2. The fourth-order valence-corrected chi connectivity index (χ4v) is 1.47. The van der Waals surface area contributed by atoms with Crippen molar-refractivity contribution < 1.29 is 76.5 Å². The number of aliphatic carboxylic acids is 1. The molecular weight excluding hydrogens is 410 g/mol. The normalized spacial score (nSPS) is 20.0. The van der Waals surface area contributed by atoms with Gasteiger partial charge in [0, 0.05) is 0 Å². The second-order valence-corrected chi connectivity index (χ2v) is 4.31. The van der Waals surface area contributed by atoms with Gasteiger partial charge in [0.25, 0.3) is 0 Å². The van der Waals surface area contributed by atoms with Crippen LogP contribution in [0.3, 0.4) is 0 Å². The van der Waals surface area contributed by atoms with Gasteiger partial charge in [0.1, 0.15) is 0 Å². The molecule has 0 saturated carbocycles. The molecule has 0 radical (unpaired) electrons. The van der Waals surface area contributed by atoms with Gasteiger partial charge in [-0.3, -0.25) is 0 Å². The molecule has 0 heterocycles. The zero-order valence-corrected chi connectivity index (χ0v) is 10.6. The van der Waals surface area contributed by atoms with Gasteiger partial charge in [-0.2, -0.15) is 52.7 Å². The number of aliphatic hydroxyl groups is 1. The minimum atomic E-state index is -8.46. The van der Waals surface area contributed by atoms with Gasteiger partial charge in [0.05, 0.1) is 0 Å². The Morgan fingerprint density at radius 1 is 0.600 bits per heavy atom. The van der Waals surface area contributed by atoms with Crippen molar-refractivity contribution in [3.8, 4) is 0 Å². The molecule has 2 unspecified atom stereocenters. The van der Waals surface area contributed by atoms with E-state index < -0.39 is 47.6 Å². The molecule has 0 spiro atoms. The molecular formula is C8H2F14O3. The lowest BCUT2D eigenvalue weighted by Crippen LogP contribution is -2.80. The lowest BCUT2D eigenvalue weighted by atomic mass is 9.76. The van der Waals surface area contributed by atoms with Crippen LogP contribution in [0.5, 0.6) is 0 Å². The van der Waals surface area contributed by atoms with Crippen molar-refractivity contribution in [3.05, 3.63) is 0 Å². The Labute approximate surface area is 125 Å². The predicted octanol–water partition coefficient (Wildman–Crippen LogP) is 3.47. The van der Waals surface area contributed by atoms with Gasteiger partial charge in [-0.25, -0.2) is 13.6 Å². The van der Waals surface area contributed by atoms with E-state index in [0.29, 0.717) is 0 Å². The largest absolute Gasteiger partial charge is 0.479 e. The first-order chi connectivity index (χ1) is 10.4. The summed E-state index contributed by atoms with van der Waals surface area (Å²) in [5.74, 6) is -21.3. The standard InChI is InChI=1S/C8H2F14O3/c9-2(1(23)24,6(15,16)17)3(10,8(21,22)25)4(11,12)5(13,14)7(18,19)20/h25H,(H,23,24). The smallest absolute Gasteiger partial charge is 0.460 e. The third-order valence-electron chi connectivity index (χ3n) is 2.76. The summed E-state index contributed by atoms with van der Waals surface area (Å²) in [4.78, 5) is 10.1. The van der Waals surface area contributed by atoms with E-state index in [1.807, 2.05) is 0 Å². The first-order valence-corrected chi connectivity index (χ1v) is 5.05. The molecule has 0 aromatic rings. The molecule has 0 aromatic carbocycles. The van der Waals surface area contributed by atoms with Crippen LogP contribution in [-0.2, 0) is 4.79 Å². The molecule has 0 bridgehead atoms. The summed E-state index contributed by atoms with van der Waals surface area (Å²) in [6, 6.07) is 0. The van der Waals surface area contributed by atoms with Crippen LogP contribution < -0.4 is 0 Å². The molecule has 0 aliphatic rings. The van der Waals surface area contributed by atoms with E-state index in [-0.39, 0.29) is 0 Å². The highest BCUT2D eigenvalue weighted by Crippen LogP contribution is 2.63. The minimum absolute atomic E-state index is 4.69. The lowest BCUT2D eigenvalue weighted by Gasteiger charge is -2.45. The van der Waals surface area contributed by atoms with E-state index in [0.717, 1.165) is 0 Å². The number of hydrogen-bond donors (Lipinski definition) is 2. The van der Waals surface area contributed by atoms with Gasteiger partial charge in [-0.1, -0.05) is 0 Å². The van der Waals surface area contributed by atoms with Gasteiger partial charge in [0.15, 0.2) is 0 Å². The molecule has 2 atom stereocenters. The summed E-state index contributed by atoms with van der Waals surface area (Å²) in [7, 11) is 0. The van der Waals surface area contributed by atoms with E-state index in [4.69, 9.17) is 10.2 Å². The monoisotopic (exact) mass is 412 g/mol. The van der Waals surface area contributed by atoms with E-state index in [2.05, 4.69) is 0 Å². The SMILES string of the molecule is O=C(O)C(F)(C(F)(F)F)C(F)(C(O)(F)F)C(F)(F)C(F)(F)C(F)(F)F. The van der Waals surface area contributed by atoms with Crippen LogP contribution in [0, 0.1) is 0 Å². The maximum atomic E-state index is 13.7. The highest BCUT2D eigenvalue weighted by Gasteiger charge is 2.97. The van der Waals surface area contributed by atoms with Crippen LogP contribution in [0.2, 0.25) is 0 Å². The van der Waals surface area contributed by atoms with Crippen LogP contribution in [0.15, 0.2) is 0 Å². The first-order valence-electron chi connectivity index (χ1n) is 5.05. The van der Waals surface area contributed by atoms with E-state index >= 15 is 0 Å². The van der Waals surface area contributed by atoms with Crippen LogP contribution in [-0.4, -0.2) is 57.8 Å². The molecule has 0 rings (SSSR count). The second kappa shape index (κ2) is 5.47. The number of carbonyl (C=O) groups is 1. The van der Waals surface area contributed by atoms with E-state index in [1.165, 1.54) is 0 Å². The fraction of sp³-hybridized carbons (Fsp3) is 0.875. The number of carboxylic acid groups (broad SMARTS) is 1. The molecule has 3 nitrogen and oxygen atoms in total. The van der Waals surface area contributed by atoms with Crippen LogP contribution in [0.1, 0.15) is 0 Å². The molecule has 0 saturated heterocycles. The van der Waals surface area contributed by atoms with E-state index in [9.17, 15) is 66.3 Å². The van der Waals surface area contributed by atoms with Crippen molar-refractivity contribution in [1.82, 2.24) is 0 Å². The molecule has 2 N–H and O–H groups in total. The molecule has 150 valence electrons. The van der Waals surface area contributed by atoms with Crippen molar-refractivity contribution in [3.63, 3.8) is 0 Å². The van der Waals surface area contributed by atoms with Crippen molar-refractivity contribution in [2.45, 2.75) is 41.6 Å². The summed E-state index contributed by atoms with van der Waals surface area (Å²) in [5.41, 5.74) is -16.1. The van der Waals surface area contributed by atoms with Crippen LogP contribution in [0.4, 0.5) is 61.5 Å². The zero-order valence-electron chi connectivity index (χ0n) is 10.6. The average molecular weight is 412 g/mol. The Morgan fingerprint density at radius 2 is 0.920 bits per heavy atom. The number of alkyl halides is 14. The summed E-state index contributed by atoms with van der Waals surface area (Å²) < 4.78 is 176. The number of rotatable bonds is 5. The maximum Gasteiger partial charge on any atom is 0.460 e. The van der Waals surface area contributed by atoms with Gasteiger partial charge >= 0.3 is 47.6 Å². The number of carboxylic acids is 1. The predicted molar refractivity (Wildman–Crippen MR) is 44.5 cm³/mol. The Kier molecular flexibility index (Phi) is 5.13. The second-order valence-electron chi connectivity index (χ2n) is 4.31. The minimum Gasteiger partial charge on any atom is -0.479 e. The van der Waals surface area contributed by atoms with Crippen LogP contribution in [0.25, 0.3) is 0 Å². The van der Waals surface area contributed by atoms with Crippen molar-refractivity contribution in [1.29, 1.82) is 0 Å². The molecule has 0 aliphatic carbocycles. The third-order valence-corrected chi connectivity index (χ3v) is 2.76. The van der Waals surface area contributed by atoms with Gasteiger partial charge in [-0.15, -0.1) is 0 Å². The number of hydrogen-bond acceptors (Lipinski definition) is 2. The zero-order chi connectivity index (χ0) is 21.1. The summed E-state index contributed by atoms with van der Waals surface area (Å²) >= 11 is 0. The van der Waals surface area contributed by atoms with Crippen molar-refractivity contribution >= 4 is 5.97 Å². The molecule has 0 fully saturated rings. The Morgan fingerprint density at radius 3 is 1.08 bits per heavy atom. The van der Waals surface area contributed by atoms with Gasteiger partial charge in [0.2, 0.25) is 0 Å². The summed E-state index contributed by atoms with van der Waals surface area (Å²) in [6.45, 7) is 0. The Bertz CT molecular complexity index is 530. The Hall–Kier alpha value is -1.55. The molecule has 17 heteroatoms. The quantitative estimate of drug-likeness (QED) is 0.681. The van der Waals surface area contributed by atoms with Gasteiger partial charge < -0.3 is 10.2 Å². The van der Waals surface area contributed by atoms with Crippen molar-refractivity contribution in [2.24, 2.45) is 0 Å². The number of halogens is 14.